The molecule has 5 aromatic rings. The number of hydrogen-bond donors (Lipinski definition) is 2. The maximum Gasteiger partial charge on any atom is 0.264 e. The molecule has 5 atom stereocenters. The molecule has 3 amide bonds. The van der Waals surface area contributed by atoms with E-state index in [0.29, 0.717) is 24.2 Å². The van der Waals surface area contributed by atoms with Gasteiger partial charge in [0, 0.05) is 33.7 Å². The highest BCUT2D eigenvalue weighted by molar-refractivity contribution is 9.10. The van der Waals surface area contributed by atoms with Crippen LogP contribution in [0.4, 0.5) is 11.4 Å². The first-order chi connectivity index (χ1) is 27.9. The van der Waals surface area contributed by atoms with Gasteiger partial charge in [0.15, 0.2) is 5.60 Å². The highest BCUT2D eigenvalue weighted by Crippen LogP contribution is 2.60. The van der Waals surface area contributed by atoms with Crippen molar-refractivity contribution in [3.63, 3.8) is 0 Å². The van der Waals surface area contributed by atoms with Crippen LogP contribution in [0.25, 0.3) is 0 Å². The molecule has 5 aromatic carbocycles. The van der Waals surface area contributed by atoms with Crippen LogP contribution in [0.2, 0.25) is 18.6 Å². The Morgan fingerprint density at radius 1 is 0.931 bits per heavy atom. The highest BCUT2D eigenvalue weighted by Gasteiger charge is 2.66. The number of rotatable bonds is 10. The Bertz CT molecular complexity index is 2340. The monoisotopic (exact) mass is 857 g/mol. The van der Waals surface area contributed by atoms with Crippen LogP contribution in [-0.2, 0) is 39.4 Å². The van der Waals surface area contributed by atoms with Gasteiger partial charge in [0.05, 0.1) is 52.6 Å². The molecule has 0 unspecified atom stereocenters. The van der Waals surface area contributed by atoms with Gasteiger partial charge in [-0.2, -0.15) is 0 Å². The minimum atomic E-state index is -2.52. The van der Waals surface area contributed by atoms with Gasteiger partial charge in [0.2, 0.25) is 5.91 Å². The fourth-order valence-electron chi connectivity index (χ4n) is 9.64. The summed E-state index contributed by atoms with van der Waals surface area (Å²) in [5.74, 6) is 0.0149. The number of aliphatic hydroxyl groups excluding tert-OH is 1. The van der Waals surface area contributed by atoms with E-state index in [1.807, 2.05) is 95.9 Å². The summed E-state index contributed by atoms with van der Waals surface area (Å²) in [5.41, 5.74) is 4.40. The zero-order chi connectivity index (χ0) is 40.8. The smallest absolute Gasteiger partial charge is 0.264 e. The average molecular weight is 859 g/mol. The minimum absolute atomic E-state index is 0.0782. The van der Waals surface area contributed by atoms with Gasteiger partial charge in [-0.15, -0.1) is 0 Å². The third kappa shape index (κ3) is 7.08. The Hall–Kier alpha value is -5.07. The quantitative estimate of drug-likeness (QED) is 0.139. The lowest BCUT2D eigenvalue weighted by molar-refractivity contribution is -0.151. The molecular weight excluding hydrogens is 811 g/mol. The summed E-state index contributed by atoms with van der Waals surface area (Å²) in [6.45, 7) is 7.29. The Kier molecular flexibility index (Phi) is 10.9. The van der Waals surface area contributed by atoms with Gasteiger partial charge >= 0.3 is 0 Å². The SMILES string of the molecule is COc1ccc([Si](C)(C)[C@@H]2[C@@H](CC(=O)N3Cc4ccccc4C[C@H]3CO)O[C@]3(C(=O)N(Cc4ccc(NC(=O)c5ccccc5)cc4)c4ccc(Br)cc43)[C@H]2C)cc1. The maximum atomic E-state index is 15.3. The van der Waals surface area contributed by atoms with E-state index in [-0.39, 0.29) is 54.8 Å². The summed E-state index contributed by atoms with van der Waals surface area (Å²) in [6.07, 6.45) is 0.0788. The number of hydrogen-bond acceptors (Lipinski definition) is 6. The summed E-state index contributed by atoms with van der Waals surface area (Å²) in [7, 11) is -0.871. The molecule has 11 heteroatoms. The van der Waals surface area contributed by atoms with Crippen LogP contribution in [-0.4, -0.2) is 61.7 Å². The molecule has 298 valence electrons. The summed E-state index contributed by atoms with van der Waals surface area (Å²) < 4.78 is 13.6. The topological polar surface area (TPSA) is 108 Å². The van der Waals surface area contributed by atoms with Gasteiger partial charge in [-0.25, -0.2) is 0 Å². The Labute approximate surface area is 349 Å². The van der Waals surface area contributed by atoms with Gasteiger partial charge < -0.3 is 29.7 Å². The standard InChI is InChI=1S/C47H48BrN3O6Si/c1-30-44(58(3,4)39-21-19-38(56-2)20-22-39)42(26-43(53)50-28-34-13-9-8-12-33(34)24-37(50)29-52)57-47(30)40-25-35(48)16-23-41(40)51(46(47)55)27-31-14-17-36(18-15-31)49-45(54)32-10-6-5-7-11-32/h5-23,25,30,37,42,44,52H,24,26-29H2,1-4H3,(H,49,54)/t30-,37-,42+,44-,47+/m0/s1. The number of anilines is 2. The van der Waals surface area contributed by atoms with E-state index >= 15 is 4.79 Å². The van der Waals surface area contributed by atoms with Crippen LogP contribution in [0, 0.1) is 5.92 Å². The molecule has 0 aromatic heterocycles. The molecule has 1 saturated heterocycles. The lowest BCUT2D eigenvalue weighted by atomic mass is 9.82. The van der Waals surface area contributed by atoms with E-state index in [1.165, 1.54) is 5.19 Å². The van der Waals surface area contributed by atoms with E-state index < -0.39 is 19.8 Å². The molecule has 3 aliphatic rings. The Morgan fingerprint density at radius 2 is 1.62 bits per heavy atom. The number of aliphatic hydroxyl groups is 1. The molecule has 0 aliphatic carbocycles. The normalized spacial score (nSPS) is 22.5. The molecule has 1 spiro atoms. The number of nitrogens with zero attached hydrogens (tertiary/aromatic N) is 2. The largest absolute Gasteiger partial charge is 0.497 e. The Morgan fingerprint density at radius 3 is 2.31 bits per heavy atom. The summed E-state index contributed by atoms with van der Waals surface area (Å²) in [6, 6.07) is 38.4. The molecule has 1 fully saturated rings. The zero-order valence-corrected chi connectivity index (χ0v) is 35.7. The molecule has 58 heavy (non-hydrogen) atoms. The first-order valence-corrected chi connectivity index (χ1v) is 23.7. The van der Waals surface area contributed by atoms with Crippen LogP contribution in [0.3, 0.4) is 0 Å². The van der Waals surface area contributed by atoms with Crippen LogP contribution in [0.15, 0.2) is 126 Å². The predicted molar refractivity (Wildman–Crippen MR) is 232 cm³/mol. The van der Waals surface area contributed by atoms with Crippen molar-refractivity contribution in [3.8, 4) is 5.75 Å². The van der Waals surface area contributed by atoms with Crippen molar-refractivity contribution in [2.75, 3.05) is 23.9 Å². The molecule has 3 heterocycles. The van der Waals surface area contributed by atoms with Crippen molar-refractivity contribution in [3.05, 3.63) is 154 Å². The number of amides is 3. The molecule has 0 saturated carbocycles. The van der Waals surface area contributed by atoms with Crippen molar-refractivity contribution >= 4 is 58.3 Å². The molecule has 3 aliphatic heterocycles. The van der Waals surface area contributed by atoms with E-state index in [0.717, 1.165) is 38.2 Å². The van der Waals surface area contributed by atoms with E-state index in [1.54, 1.807) is 24.1 Å². The number of fused-ring (bicyclic) bond motifs is 3. The average Bonchev–Trinajstić information content (AvgIpc) is 3.66. The molecule has 2 N–H and O–H groups in total. The third-order valence-corrected chi connectivity index (χ3v) is 17.5. The van der Waals surface area contributed by atoms with Crippen molar-refractivity contribution in [2.24, 2.45) is 5.92 Å². The van der Waals surface area contributed by atoms with Crippen molar-refractivity contribution in [2.45, 2.75) is 69.2 Å². The summed E-state index contributed by atoms with van der Waals surface area (Å²) >= 11 is 3.70. The van der Waals surface area contributed by atoms with Crippen LogP contribution >= 0.6 is 15.9 Å². The highest BCUT2D eigenvalue weighted by atomic mass is 79.9. The van der Waals surface area contributed by atoms with Gasteiger partial charge in [-0.1, -0.05) is 108 Å². The second-order valence-electron chi connectivity index (χ2n) is 16.3. The van der Waals surface area contributed by atoms with E-state index in [2.05, 4.69) is 59.5 Å². The van der Waals surface area contributed by atoms with Gasteiger partial charge in [0.25, 0.3) is 11.8 Å². The minimum Gasteiger partial charge on any atom is -0.497 e. The summed E-state index contributed by atoms with van der Waals surface area (Å²) in [4.78, 5) is 46.4. The number of nitrogens with one attached hydrogen (secondary N) is 1. The fraction of sp³-hybridized carbons (Fsp3) is 0.298. The second-order valence-corrected chi connectivity index (χ2v) is 21.9. The number of ether oxygens (including phenoxy) is 2. The van der Waals surface area contributed by atoms with Crippen LogP contribution in [0.5, 0.6) is 5.75 Å². The Balaban J connectivity index is 1.13. The first-order valence-electron chi connectivity index (χ1n) is 19.8. The van der Waals surface area contributed by atoms with Crippen LogP contribution in [0.1, 0.15) is 46.0 Å². The number of carbonyl (C=O) groups is 3. The number of halogens is 1. The van der Waals surface area contributed by atoms with Gasteiger partial charge in [0.1, 0.15) is 5.75 Å². The lowest BCUT2D eigenvalue weighted by Crippen LogP contribution is -2.52. The van der Waals surface area contributed by atoms with Gasteiger partial charge in [-0.3, -0.25) is 14.4 Å². The number of carbonyl (C=O) groups excluding carboxylic acids is 3. The maximum absolute atomic E-state index is 15.3. The third-order valence-electron chi connectivity index (χ3n) is 12.6. The lowest BCUT2D eigenvalue weighted by Gasteiger charge is -2.39. The van der Waals surface area contributed by atoms with Crippen LogP contribution < -0.4 is 20.1 Å². The second kappa shape index (κ2) is 15.9. The van der Waals surface area contributed by atoms with E-state index in [4.69, 9.17) is 9.47 Å². The van der Waals surface area contributed by atoms with Gasteiger partial charge in [-0.05, 0) is 83.2 Å². The van der Waals surface area contributed by atoms with Crippen molar-refractivity contribution < 1.29 is 29.0 Å². The van der Waals surface area contributed by atoms with Crippen molar-refractivity contribution in [1.82, 2.24) is 4.90 Å². The van der Waals surface area contributed by atoms with E-state index in [9.17, 15) is 14.7 Å². The molecule has 8 rings (SSSR count). The number of benzene rings is 5. The van der Waals surface area contributed by atoms with Crippen molar-refractivity contribution in [1.29, 1.82) is 0 Å². The molecular formula is C47H48BrN3O6Si. The zero-order valence-electron chi connectivity index (χ0n) is 33.2. The predicted octanol–water partition coefficient (Wildman–Crippen LogP) is 7.81. The first kappa shape index (κ1) is 39.7. The molecule has 0 radical (unpaired) electrons. The molecule has 9 nitrogen and oxygen atoms in total. The summed E-state index contributed by atoms with van der Waals surface area (Å²) in [5, 5.41) is 14.6. The molecule has 0 bridgehead atoms. The number of methoxy groups -OCH3 is 1. The fourth-order valence-corrected chi connectivity index (χ4v) is 14.0.